The van der Waals surface area contributed by atoms with Gasteiger partial charge in [0, 0.05) is 17.7 Å². The zero-order chi connectivity index (χ0) is 17.3. The molecule has 2 amide bonds. The molecule has 7 nitrogen and oxygen atoms in total. The Bertz CT molecular complexity index is 778. The standard InChI is InChI=1S/C17H19N3O4/c1-9-13(10(2)24-20-9)5-7-16(21)18-12-4-6-15-14(8-12)19-17(22)11(3)23-15/h4,6,8,11H,5,7H2,1-3H3,(H,18,21)(H,19,22)/t11-/m0/s1. The van der Waals surface area contributed by atoms with Crippen molar-refractivity contribution in [1.29, 1.82) is 0 Å². The van der Waals surface area contributed by atoms with Crippen LogP contribution in [-0.4, -0.2) is 23.1 Å². The van der Waals surface area contributed by atoms with Gasteiger partial charge in [-0.3, -0.25) is 9.59 Å². The van der Waals surface area contributed by atoms with Gasteiger partial charge in [0.25, 0.3) is 5.91 Å². The van der Waals surface area contributed by atoms with Crippen LogP contribution in [0.5, 0.6) is 5.75 Å². The van der Waals surface area contributed by atoms with Crippen molar-refractivity contribution in [2.75, 3.05) is 10.6 Å². The number of aryl methyl sites for hydroxylation is 2. The number of carbonyl (C=O) groups excluding carboxylic acids is 2. The van der Waals surface area contributed by atoms with E-state index in [1.165, 1.54) is 0 Å². The predicted octanol–water partition coefficient (Wildman–Crippen LogP) is 2.58. The molecule has 1 atom stereocenters. The number of hydrogen-bond donors (Lipinski definition) is 2. The van der Waals surface area contributed by atoms with Crippen LogP contribution in [0.4, 0.5) is 11.4 Å². The van der Waals surface area contributed by atoms with E-state index in [4.69, 9.17) is 9.26 Å². The summed E-state index contributed by atoms with van der Waals surface area (Å²) < 4.78 is 10.6. The number of fused-ring (bicyclic) bond motifs is 1. The molecule has 2 heterocycles. The zero-order valence-electron chi connectivity index (χ0n) is 13.8. The van der Waals surface area contributed by atoms with E-state index >= 15 is 0 Å². The lowest BCUT2D eigenvalue weighted by molar-refractivity contribution is -0.122. The van der Waals surface area contributed by atoms with Gasteiger partial charge in [-0.2, -0.15) is 0 Å². The van der Waals surface area contributed by atoms with Gasteiger partial charge in [0.1, 0.15) is 11.5 Å². The Hall–Kier alpha value is -2.83. The molecule has 3 rings (SSSR count). The fourth-order valence-electron chi connectivity index (χ4n) is 2.61. The highest BCUT2D eigenvalue weighted by Gasteiger charge is 2.23. The number of nitrogens with zero attached hydrogens (tertiary/aromatic N) is 1. The quantitative estimate of drug-likeness (QED) is 0.899. The van der Waals surface area contributed by atoms with Gasteiger partial charge in [-0.25, -0.2) is 0 Å². The Morgan fingerprint density at radius 3 is 2.88 bits per heavy atom. The van der Waals surface area contributed by atoms with E-state index in [1.54, 1.807) is 25.1 Å². The lowest BCUT2D eigenvalue weighted by Crippen LogP contribution is -2.34. The van der Waals surface area contributed by atoms with Crippen LogP contribution >= 0.6 is 0 Å². The number of rotatable bonds is 4. The van der Waals surface area contributed by atoms with Crippen LogP contribution in [0.2, 0.25) is 0 Å². The molecule has 7 heteroatoms. The summed E-state index contributed by atoms with van der Waals surface area (Å²) in [6.07, 6.45) is 0.364. The van der Waals surface area contributed by atoms with Crippen molar-refractivity contribution in [2.45, 2.75) is 39.7 Å². The highest BCUT2D eigenvalue weighted by molar-refractivity contribution is 5.99. The molecule has 2 aromatic rings. The normalized spacial score (nSPS) is 16.1. The molecule has 2 N–H and O–H groups in total. The first-order valence-electron chi connectivity index (χ1n) is 7.77. The Kier molecular flexibility index (Phi) is 4.24. The van der Waals surface area contributed by atoms with E-state index in [1.807, 2.05) is 13.8 Å². The van der Waals surface area contributed by atoms with Gasteiger partial charge in [-0.1, -0.05) is 5.16 Å². The number of nitrogens with one attached hydrogen (secondary N) is 2. The van der Waals surface area contributed by atoms with Gasteiger partial charge in [-0.15, -0.1) is 0 Å². The molecule has 1 aliphatic rings. The van der Waals surface area contributed by atoms with Gasteiger partial charge in [0.15, 0.2) is 6.10 Å². The zero-order valence-corrected chi connectivity index (χ0v) is 13.8. The number of amides is 2. The molecule has 1 aromatic carbocycles. The molecular formula is C17H19N3O4. The average molecular weight is 329 g/mol. The molecule has 0 fully saturated rings. The molecule has 1 aliphatic heterocycles. The SMILES string of the molecule is Cc1noc(C)c1CCC(=O)Nc1ccc2c(c1)NC(=O)[C@H](C)O2. The van der Waals surface area contributed by atoms with Crippen LogP contribution in [0.25, 0.3) is 0 Å². The maximum atomic E-state index is 12.1. The van der Waals surface area contributed by atoms with Gasteiger partial charge in [0.2, 0.25) is 5.91 Å². The molecule has 0 bridgehead atoms. The monoisotopic (exact) mass is 329 g/mol. The minimum atomic E-state index is -0.520. The van der Waals surface area contributed by atoms with E-state index < -0.39 is 6.10 Å². The summed E-state index contributed by atoms with van der Waals surface area (Å²) in [6.45, 7) is 5.37. The van der Waals surface area contributed by atoms with Gasteiger partial charge in [-0.05, 0) is 45.4 Å². The topological polar surface area (TPSA) is 93.5 Å². The second-order valence-corrected chi connectivity index (χ2v) is 5.81. The Morgan fingerprint density at radius 2 is 2.17 bits per heavy atom. The summed E-state index contributed by atoms with van der Waals surface area (Å²) in [6, 6.07) is 5.17. The molecule has 126 valence electrons. The third-order valence-corrected chi connectivity index (χ3v) is 3.98. The third kappa shape index (κ3) is 3.24. The summed E-state index contributed by atoms with van der Waals surface area (Å²) in [4.78, 5) is 23.8. The summed E-state index contributed by atoms with van der Waals surface area (Å²) in [7, 11) is 0. The second kappa shape index (κ2) is 6.35. The van der Waals surface area contributed by atoms with Crippen molar-refractivity contribution in [1.82, 2.24) is 5.16 Å². The van der Waals surface area contributed by atoms with Crippen molar-refractivity contribution in [3.8, 4) is 5.75 Å². The first-order valence-corrected chi connectivity index (χ1v) is 7.77. The van der Waals surface area contributed by atoms with E-state index in [0.717, 1.165) is 17.0 Å². The first-order chi connectivity index (χ1) is 11.4. The lowest BCUT2D eigenvalue weighted by Gasteiger charge is -2.23. The first kappa shape index (κ1) is 16.0. The maximum Gasteiger partial charge on any atom is 0.265 e. The molecule has 0 spiro atoms. The van der Waals surface area contributed by atoms with E-state index in [0.29, 0.717) is 30.0 Å². The average Bonchev–Trinajstić information content (AvgIpc) is 2.85. The molecule has 24 heavy (non-hydrogen) atoms. The van der Waals surface area contributed by atoms with Crippen molar-refractivity contribution in [2.24, 2.45) is 0 Å². The molecule has 0 saturated heterocycles. The Labute approximate surface area is 139 Å². The third-order valence-electron chi connectivity index (χ3n) is 3.98. The lowest BCUT2D eigenvalue weighted by atomic mass is 10.1. The number of anilines is 2. The van der Waals surface area contributed by atoms with E-state index in [9.17, 15) is 9.59 Å². The molecule has 1 aromatic heterocycles. The van der Waals surface area contributed by atoms with Crippen molar-refractivity contribution < 1.29 is 18.8 Å². The number of benzene rings is 1. The highest BCUT2D eigenvalue weighted by atomic mass is 16.5. The molecule has 0 radical (unpaired) electrons. The second-order valence-electron chi connectivity index (χ2n) is 5.81. The fourth-order valence-corrected chi connectivity index (χ4v) is 2.61. The minimum Gasteiger partial charge on any atom is -0.479 e. The van der Waals surface area contributed by atoms with Gasteiger partial charge in [0.05, 0.1) is 11.4 Å². The van der Waals surface area contributed by atoms with Gasteiger partial charge >= 0.3 is 0 Å². The summed E-state index contributed by atoms with van der Waals surface area (Å²) in [5, 5.41) is 9.46. The van der Waals surface area contributed by atoms with Crippen LogP contribution < -0.4 is 15.4 Å². The number of aromatic nitrogens is 1. The fraction of sp³-hybridized carbons (Fsp3) is 0.353. The van der Waals surface area contributed by atoms with E-state index in [-0.39, 0.29) is 11.8 Å². The minimum absolute atomic E-state index is 0.119. The smallest absolute Gasteiger partial charge is 0.265 e. The van der Waals surface area contributed by atoms with Crippen LogP contribution in [0.15, 0.2) is 22.7 Å². The van der Waals surface area contributed by atoms with Crippen molar-refractivity contribution in [3.63, 3.8) is 0 Å². The van der Waals surface area contributed by atoms with Crippen molar-refractivity contribution in [3.05, 3.63) is 35.2 Å². The summed E-state index contributed by atoms with van der Waals surface area (Å²) in [5.41, 5.74) is 2.94. The van der Waals surface area contributed by atoms with Crippen molar-refractivity contribution >= 4 is 23.2 Å². The molecule has 0 saturated carbocycles. The maximum absolute atomic E-state index is 12.1. The Morgan fingerprint density at radius 1 is 1.38 bits per heavy atom. The highest BCUT2D eigenvalue weighted by Crippen LogP contribution is 2.32. The molecular weight excluding hydrogens is 310 g/mol. The predicted molar refractivity (Wildman–Crippen MR) is 88.1 cm³/mol. The Balaban J connectivity index is 1.63. The molecule has 0 unspecified atom stereocenters. The van der Waals surface area contributed by atoms with Crippen LogP contribution in [-0.2, 0) is 16.0 Å². The number of hydrogen-bond acceptors (Lipinski definition) is 5. The number of carbonyl (C=O) groups is 2. The molecule has 0 aliphatic carbocycles. The van der Waals surface area contributed by atoms with Crippen LogP contribution in [0, 0.1) is 13.8 Å². The van der Waals surface area contributed by atoms with Crippen LogP contribution in [0.3, 0.4) is 0 Å². The summed E-state index contributed by atoms with van der Waals surface area (Å²) in [5.74, 6) is 1.01. The number of ether oxygens (including phenoxy) is 1. The summed E-state index contributed by atoms with van der Waals surface area (Å²) >= 11 is 0. The largest absolute Gasteiger partial charge is 0.479 e. The van der Waals surface area contributed by atoms with Crippen LogP contribution in [0.1, 0.15) is 30.4 Å². The van der Waals surface area contributed by atoms with Gasteiger partial charge < -0.3 is 19.9 Å². The van der Waals surface area contributed by atoms with E-state index in [2.05, 4.69) is 15.8 Å².